The Morgan fingerprint density at radius 3 is 2.53 bits per heavy atom. The Hall–Kier alpha value is -2.60. The summed E-state index contributed by atoms with van der Waals surface area (Å²) in [5, 5.41) is 0. The number of hydrogen-bond donors (Lipinski definition) is 1. The lowest BCUT2D eigenvalue weighted by Crippen LogP contribution is -3.18. The highest BCUT2D eigenvalue weighted by Crippen LogP contribution is 2.16. The van der Waals surface area contributed by atoms with Crippen molar-refractivity contribution in [1.82, 2.24) is 4.90 Å². The average molecular weight is 414 g/mol. The SMILES string of the molecule is CCOC(=O)[C@@H](C)[NH+](CC(=O)N(CCc1ccccc1)Cc1ccc(C)o1)C1CC1. The van der Waals surface area contributed by atoms with Gasteiger partial charge in [-0.25, -0.2) is 4.79 Å². The molecule has 6 nitrogen and oxygen atoms in total. The topological polar surface area (TPSA) is 64.2 Å². The van der Waals surface area contributed by atoms with Crippen molar-refractivity contribution in [3.63, 3.8) is 0 Å². The molecule has 1 unspecified atom stereocenters. The molecule has 1 heterocycles. The quantitative estimate of drug-likeness (QED) is 0.574. The molecule has 1 N–H and O–H groups in total. The van der Waals surface area contributed by atoms with Crippen molar-refractivity contribution in [2.45, 2.75) is 58.7 Å². The molecule has 1 amide bonds. The van der Waals surface area contributed by atoms with Gasteiger partial charge in [-0.3, -0.25) is 4.79 Å². The van der Waals surface area contributed by atoms with Gasteiger partial charge in [0.1, 0.15) is 11.5 Å². The molecule has 162 valence electrons. The van der Waals surface area contributed by atoms with Gasteiger partial charge < -0.3 is 19.0 Å². The van der Waals surface area contributed by atoms with E-state index in [-0.39, 0.29) is 17.9 Å². The molecule has 30 heavy (non-hydrogen) atoms. The van der Waals surface area contributed by atoms with Gasteiger partial charge in [0.25, 0.3) is 5.91 Å². The third kappa shape index (κ3) is 6.20. The van der Waals surface area contributed by atoms with Gasteiger partial charge >= 0.3 is 5.97 Å². The van der Waals surface area contributed by atoms with Crippen LogP contribution in [-0.4, -0.2) is 48.6 Å². The van der Waals surface area contributed by atoms with E-state index < -0.39 is 0 Å². The summed E-state index contributed by atoms with van der Waals surface area (Å²) in [6, 6.07) is 14.0. The minimum Gasteiger partial charge on any atom is -0.464 e. The second-order valence-corrected chi connectivity index (χ2v) is 8.06. The van der Waals surface area contributed by atoms with Crippen LogP contribution in [-0.2, 0) is 27.3 Å². The van der Waals surface area contributed by atoms with E-state index in [0.29, 0.717) is 32.3 Å². The maximum Gasteiger partial charge on any atom is 0.364 e. The third-order valence-electron chi connectivity index (χ3n) is 5.66. The van der Waals surface area contributed by atoms with Gasteiger partial charge in [0.05, 0.1) is 19.2 Å². The maximum absolute atomic E-state index is 13.3. The van der Waals surface area contributed by atoms with Crippen LogP contribution in [0.15, 0.2) is 46.9 Å². The van der Waals surface area contributed by atoms with Crippen LogP contribution in [0, 0.1) is 6.92 Å². The molecule has 0 bridgehead atoms. The van der Waals surface area contributed by atoms with Crippen LogP contribution >= 0.6 is 0 Å². The summed E-state index contributed by atoms with van der Waals surface area (Å²) < 4.78 is 10.9. The monoisotopic (exact) mass is 413 g/mol. The smallest absolute Gasteiger partial charge is 0.364 e. The molecule has 0 aliphatic heterocycles. The van der Waals surface area contributed by atoms with Crippen LogP contribution < -0.4 is 4.90 Å². The van der Waals surface area contributed by atoms with E-state index in [9.17, 15) is 9.59 Å². The zero-order chi connectivity index (χ0) is 21.5. The molecule has 1 aliphatic rings. The first kappa shape index (κ1) is 22.1. The van der Waals surface area contributed by atoms with E-state index >= 15 is 0 Å². The second kappa shape index (κ2) is 10.4. The molecule has 2 aromatic rings. The number of nitrogens with one attached hydrogen (secondary N) is 1. The third-order valence-corrected chi connectivity index (χ3v) is 5.66. The first-order valence-corrected chi connectivity index (χ1v) is 10.9. The molecule has 1 fully saturated rings. The molecular formula is C24H33N2O4+. The zero-order valence-corrected chi connectivity index (χ0v) is 18.2. The van der Waals surface area contributed by atoms with Crippen LogP contribution in [0.5, 0.6) is 0 Å². The molecule has 3 rings (SSSR count). The molecule has 0 radical (unpaired) electrons. The number of quaternary nitrogens is 1. The first-order valence-electron chi connectivity index (χ1n) is 10.9. The van der Waals surface area contributed by atoms with Gasteiger partial charge in [-0.15, -0.1) is 0 Å². The molecule has 6 heteroatoms. The van der Waals surface area contributed by atoms with E-state index in [0.717, 1.165) is 35.7 Å². The summed E-state index contributed by atoms with van der Waals surface area (Å²) in [6.45, 7) is 7.26. The summed E-state index contributed by atoms with van der Waals surface area (Å²) in [4.78, 5) is 28.5. The minimum absolute atomic E-state index is 0.0398. The van der Waals surface area contributed by atoms with E-state index in [1.54, 1.807) is 0 Å². The number of furan rings is 1. The Bertz CT molecular complexity index is 829. The highest BCUT2D eigenvalue weighted by atomic mass is 16.5. The molecule has 1 aliphatic carbocycles. The Balaban J connectivity index is 1.69. The van der Waals surface area contributed by atoms with E-state index in [2.05, 4.69) is 12.1 Å². The van der Waals surface area contributed by atoms with Gasteiger partial charge in [0.2, 0.25) is 0 Å². The Morgan fingerprint density at radius 2 is 1.93 bits per heavy atom. The Kier molecular flexibility index (Phi) is 7.69. The number of carbonyl (C=O) groups is 2. The first-order chi connectivity index (χ1) is 14.5. The summed E-state index contributed by atoms with van der Waals surface area (Å²) in [5.74, 6) is 1.42. The van der Waals surface area contributed by atoms with E-state index in [4.69, 9.17) is 9.15 Å². The highest BCUT2D eigenvalue weighted by molar-refractivity contribution is 5.78. The van der Waals surface area contributed by atoms with Crippen LogP contribution in [0.2, 0.25) is 0 Å². The summed E-state index contributed by atoms with van der Waals surface area (Å²) in [7, 11) is 0. The molecule has 1 aromatic heterocycles. The molecule has 2 atom stereocenters. The van der Waals surface area contributed by atoms with Crippen molar-refractivity contribution >= 4 is 11.9 Å². The highest BCUT2D eigenvalue weighted by Gasteiger charge is 2.41. The number of hydrogen-bond acceptors (Lipinski definition) is 4. The number of nitrogens with zero attached hydrogens (tertiary/aromatic N) is 1. The van der Waals surface area contributed by atoms with Gasteiger partial charge in [0, 0.05) is 19.4 Å². The Labute approximate surface area is 178 Å². The number of aryl methyl sites for hydroxylation is 1. The second-order valence-electron chi connectivity index (χ2n) is 8.06. The molecule has 1 aromatic carbocycles. The lowest BCUT2D eigenvalue weighted by molar-refractivity contribution is -0.918. The number of ether oxygens (including phenoxy) is 1. The normalized spacial score (nSPS) is 15.4. The number of benzene rings is 1. The van der Waals surface area contributed by atoms with E-state index in [1.807, 2.05) is 56.0 Å². The number of amides is 1. The zero-order valence-electron chi connectivity index (χ0n) is 18.2. The van der Waals surface area contributed by atoms with Gasteiger partial charge in [-0.05, 0) is 44.9 Å². The van der Waals surface area contributed by atoms with Crippen molar-refractivity contribution in [3.8, 4) is 0 Å². The molecule has 0 spiro atoms. The average Bonchev–Trinajstić information content (AvgIpc) is 3.50. The van der Waals surface area contributed by atoms with Crippen LogP contribution in [0.4, 0.5) is 0 Å². The van der Waals surface area contributed by atoms with Gasteiger partial charge in [-0.1, -0.05) is 30.3 Å². The summed E-state index contributed by atoms with van der Waals surface area (Å²) >= 11 is 0. The fourth-order valence-corrected chi connectivity index (χ4v) is 3.77. The Morgan fingerprint density at radius 1 is 1.20 bits per heavy atom. The number of rotatable bonds is 11. The van der Waals surface area contributed by atoms with Crippen LogP contribution in [0.25, 0.3) is 0 Å². The largest absolute Gasteiger partial charge is 0.464 e. The fraction of sp³-hybridized carbons (Fsp3) is 0.500. The predicted octanol–water partition coefficient (Wildman–Crippen LogP) is 2.16. The van der Waals surface area contributed by atoms with Crippen molar-refractivity contribution in [3.05, 3.63) is 59.5 Å². The fourth-order valence-electron chi connectivity index (χ4n) is 3.77. The standard InChI is InChI=1S/C24H32N2O4/c1-4-29-24(28)19(3)26(21-11-12-21)17-23(27)25(16-22-13-10-18(2)30-22)15-14-20-8-6-5-7-9-20/h5-10,13,19,21H,4,11-12,14-17H2,1-3H3/p+1/t19-/m1/s1. The molecule has 1 saturated carbocycles. The summed E-state index contributed by atoms with van der Waals surface area (Å²) in [6.07, 6.45) is 2.87. The van der Waals surface area contributed by atoms with E-state index in [1.165, 1.54) is 5.56 Å². The van der Waals surface area contributed by atoms with Gasteiger partial charge in [-0.2, -0.15) is 0 Å². The lowest BCUT2D eigenvalue weighted by Gasteiger charge is -2.28. The van der Waals surface area contributed by atoms with Crippen molar-refractivity contribution in [1.29, 1.82) is 0 Å². The minimum atomic E-state index is -0.344. The van der Waals surface area contributed by atoms with Crippen LogP contribution in [0.3, 0.4) is 0 Å². The van der Waals surface area contributed by atoms with Crippen molar-refractivity contribution < 1.29 is 23.6 Å². The molecule has 0 saturated heterocycles. The maximum atomic E-state index is 13.3. The van der Waals surface area contributed by atoms with Crippen molar-refractivity contribution in [2.75, 3.05) is 19.7 Å². The summed E-state index contributed by atoms with van der Waals surface area (Å²) in [5.41, 5.74) is 1.19. The van der Waals surface area contributed by atoms with Gasteiger partial charge in [0.15, 0.2) is 12.6 Å². The van der Waals surface area contributed by atoms with Crippen LogP contribution in [0.1, 0.15) is 43.8 Å². The predicted molar refractivity (Wildman–Crippen MR) is 114 cm³/mol. The van der Waals surface area contributed by atoms with Crippen molar-refractivity contribution in [2.24, 2.45) is 0 Å². The molecular weight excluding hydrogens is 380 g/mol. The lowest BCUT2D eigenvalue weighted by atomic mass is 10.1. The number of carbonyl (C=O) groups excluding carboxylic acids is 2. The number of esters is 1.